The highest BCUT2D eigenvalue weighted by molar-refractivity contribution is 6.30. The first-order chi connectivity index (χ1) is 11.4. The molecule has 0 radical (unpaired) electrons. The van der Waals surface area contributed by atoms with Gasteiger partial charge in [-0.1, -0.05) is 17.7 Å². The molecular formula is C19H27ClN2O2. The molecule has 1 atom stereocenters. The van der Waals surface area contributed by atoms with E-state index in [0.717, 1.165) is 36.9 Å². The number of halogens is 1. The zero-order valence-electron chi connectivity index (χ0n) is 14.5. The molecule has 4 nitrogen and oxygen atoms in total. The molecule has 1 N–H and O–H groups in total. The zero-order chi connectivity index (χ0) is 17.6. The summed E-state index contributed by atoms with van der Waals surface area (Å²) >= 11 is 6.06. The van der Waals surface area contributed by atoms with E-state index in [1.807, 2.05) is 32.0 Å². The Labute approximate surface area is 150 Å². The molecule has 0 aromatic heterocycles. The minimum absolute atomic E-state index is 0.309. The van der Waals surface area contributed by atoms with Crippen molar-refractivity contribution in [1.29, 1.82) is 0 Å². The smallest absolute Gasteiger partial charge is 0.0900 e. The predicted octanol–water partition coefficient (Wildman–Crippen LogP) is 2.64. The molecule has 0 aliphatic carbocycles. The van der Waals surface area contributed by atoms with Crippen LogP contribution in [-0.4, -0.2) is 61.0 Å². The number of ether oxygens (including phenoxy) is 1. The van der Waals surface area contributed by atoms with Crippen LogP contribution in [-0.2, 0) is 4.74 Å². The lowest BCUT2D eigenvalue weighted by atomic mass is 10.1. The van der Waals surface area contributed by atoms with E-state index in [0.29, 0.717) is 19.6 Å². The Balaban J connectivity index is 1.74. The normalized spacial score (nSPS) is 17.5. The lowest BCUT2D eigenvalue weighted by Crippen LogP contribution is -2.49. The van der Waals surface area contributed by atoms with Gasteiger partial charge in [-0.3, -0.25) is 4.90 Å². The number of hydrogen-bond acceptors (Lipinski definition) is 4. The monoisotopic (exact) mass is 350 g/mol. The number of benzene rings is 1. The average Bonchev–Trinajstić information content (AvgIpc) is 2.54. The number of β-amino-alcohol motifs (C(OH)–C–C–N with tert-alkyl or cyclic N) is 1. The van der Waals surface area contributed by atoms with Crippen LogP contribution in [0.25, 0.3) is 0 Å². The third-order valence-electron chi connectivity index (χ3n) is 4.21. The standard InChI is InChI=1S/C19H27ClN2O2/c1-4-8-19(2,3)24-15-18(23)14-21-9-11-22(12-10-21)17-7-5-6-16(20)13-17/h1,5-7,13,18,23H,8-12,14-15H2,2-3H3/t18-/m1/s1. The van der Waals surface area contributed by atoms with Crippen molar-refractivity contribution in [2.24, 2.45) is 0 Å². The lowest BCUT2D eigenvalue weighted by Gasteiger charge is -2.37. The first-order valence-electron chi connectivity index (χ1n) is 8.38. The number of terminal acetylenes is 1. The molecule has 1 aliphatic rings. The molecule has 0 saturated carbocycles. The second kappa shape index (κ2) is 8.73. The van der Waals surface area contributed by atoms with Crippen LogP contribution >= 0.6 is 11.6 Å². The van der Waals surface area contributed by atoms with E-state index in [9.17, 15) is 5.11 Å². The summed E-state index contributed by atoms with van der Waals surface area (Å²) in [4.78, 5) is 4.59. The van der Waals surface area contributed by atoms with Gasteiger partial charge in [0.25, 0.3) is 0 Å². The van der Waals surface area contributed by atoms with E-state index in [-0.39, 0.29) is 5.60 Å². The van der Waals surface area contributed by atoms with Crippen molar-refractivity contribution >= 4 is 17.3 Å². The van der Waals surface area contributed by atoms with Gasteiger partial charge >= 0.3 is 0 Å². The van der Waals surface area contributed by atoms with Crippen LogP contribution in [0, 0.1) is 12.3 Å². The number of rotatable bonds is 7. The van der Waals surface area contributed by atoms with Crippen molar-refractivity contribution in [2.75, 3.05) is 44.2 Å². The summed E-state index contributed by atoms with van der Waals surface area (Å²) in [5, 5.41) is 11.0. The minimum atomic E-state index is -0.500. The number of aliphatic hydroxyl groups is 1. The van der Waals surface area contributed by atoms with Gasteiger partial charge in [-0.2, -0.15) is 0 Å². The maximum Gasteiger partial charge on any atom is 0.0900 e. The molecule has 5 heteroatoms. The van der Waals surface area contributed by atoms with Crippen molar-refractivity contribution in [3.8, 4) is 12.3 Å². The SMILES string of the molecule is C#CCC(C)(C)OC[C@H](O)CN1CCN(c2cccc(Cl)c2)CC1. The number of anilines is 1. The van der Waals surface area contributed by atoms with E-state index in [1.165, 1.54) is 0 Å². The number of piperazine rings is 1. The Morgan fingerprint density at radius 2 is 2.04 bits per heavy atom. The first kappa shape index (κ1) is 19.1. The van der Waals surface area contributed by atoms with Gasteiger partial charge in [0.15, 0.2) is 0 Å². The number of nitrogens with zero attached hydrogens (tertiary/aromatic N) is 2. The second-order valence-electron chi connectivity index (χ2n) is 6.87. The van der Waals surface area contributed by atoms with Gasteiger partial charge in [-0.25, -0.2) is 0 Å². The summed E-state index contributed by atoms with van der Waals surface area (Å²) in [6, 6.07) is 7.94. The summed E-state index contributed by atoms with van der Waals surface area (Å²) in [6.07, 6.45) is 5.37. The zero-order valence-corrected chi connectivity index (χ0v) is 15.3. The Hall–Kier alpha value is -1.25. The second-order valence-corrected chi connectivity index (χ2v) is 7.31. The van der Waals surface area contributed by atoms with Crippen LogP contribution in [0.4, 0.5) is 5.69 Å². The van der Waals surface area contributed by atoms with Gasteiger partial charge in [0.2, 0.25) is 0 Å². The molecule has 1 heterocycles. The fourth-order valence-electron chi connectivity index (χ4n) is 2.83. The Bertz CT molecular complexity index is 563. The predicted molar refractivity (Wildman–Crippen MR) is 99.6 cm³/mol. The van der Waals surface area contributed by atoms with Gasteiger partial charge in [0.05, 0.1) is 18.3 Å². The molecule has 24 heavy (non-hydrogen) atoms. The Morgan fingerprint density at radius 1 is 1.33 bits per heavy atom. The third-order valence-corrected chi connectivity index (χ3v) is 4.44. The van der Waals surface area contributed by atoms with Crippen molar-refractivity contribution in [3.63, 3.8) is 0 Å². The third kappa shape index (κ3) is 5.99. The maximum absolute atomic E-state index is 10.2. The van der Waals surface area contributed by atoms with Crippen LogP contribution in [0.5, 0.6) is 0 Å². The largest absolute Gasteiger partial charge is 0.389 e. The van der Waals surface area contributed by atoms with Gasteiger partial charge in [0, 0.05) is 49.9 Å². The maximum atomic E-state index is 10.2. The van der Waals surface area contributed by atoms with Gasteiger partial charge in [-0.15, -0.1) is 12.3 Å². The van der Waals surface area contributed by atoms with Crippen LogP contribution in [0.2, 0.25) is 5.02 Å². The van der Waals surface area contributed by atoms with Crippen LogP contribution < -0.4 is 4.90 Å². The van der Waals surface area contributed by atoms with Crippen LogP contribution in [0.3, 0.4) is 0 Å². The molecule has 1 fully saturated rings. The van der Waals surface area contributed by atoms with Crippen LogP contribution in [0.15, 0.2) is 24.3 Å². The molecule has 2 rings (SSSR count). The van der Waals surface area contributed by atoms with Crippen molar-refractivity contribution < 1.29 is 9.84 Å². The van der Waals surface area contributed by atoms with Crippen LogP contribution in [0.1, 0.15) is 20.3 Å². The minimum Gasteiger partial charge on any atom is -0.389 e. The van der Waals surface area contributed by atoms with Gasteiger partial charge in [0.1, 0.15) is 0 Å². The van der Waals surface area contributed by atoms with Crippen molar-refractivity contribution in [1.82, 2.24) is 4.90 Å². The molecule has 0 amide bonds. The summed E-state index contributed by atoms with van der Waals surface area (Å²) in [7, 11) is 0. The Kier molecular flexibility index (Phi) is 6.94. The summed E-state index contributed by atoms with van der Waals surface area (Å²) < 4.78 is 5.73. The van der Waals surface area contributed by atoms with Crippen molar-refractivity contribution in [2.45, 2.75) is 32.0 Å². The van der Waals surface area contributed by atoms with E-state index in [2.05, 4.69) is 21.8 Å². The Morgan fingerprint density at radius 3 is 2.67 bits per heavy atom. The molecule has 132 valence electrons. The summed E-state index contributed by atoms with van der Waals surface area (Å²) in [6.45, 7) is 8.51. The fraction of sp³-hybridized carbons (Fsp3) is 0.579. The lowest BCUT2D eigenvalue weighted by molar-refractivity contribution is -0.0632. The summed E-state index contributed by atoms with van der Waals surface area (Å²) in [5.41, 5.74) is 0.767. The molecule has 1 saturated heterocycles. The van der Waals surface area contributed by atoms with E-state index in [1.54, 1.807) is 0 Å². The molecule has 0 unspecified atom stereocenters. The molecule has 0 spiro atoms. The first-order valence-corrected chi connectivity index (χ1v) is 8.76. The molecule has 1 aliphatic heterocycles. The highest BCUT2D eigenvalue weighted by Crippen LogP contribution is 2.21. The molecule has 0 bridgehead atoms. The van der Waals surface area contributed by atoms with E-state index >= 15 is 0 Å². The van der Waals surface area contributed by atoms with Crippen molar-refractivity contribution in [3.05, 3.63) is 29.3 Å². The quantitative estimate of drug-likeness (QED) is 0.767. The molecule has 1 aromatic carbocycles. The molecule has 1 aromatic rings. The average molecular weight is 351 g/mol. The fourth-order valence-corrected chi connectivity index (χ4v) is 3.02. The number of aliphatic hydroxyl groups excluding tert-OH is 1. The van der Waals surface area contributed by atoms with Gasteiger partial charge in [-0.05, 0) is 32.0 Å². The highest BCUT2D eigenvalue weighted by Gasteiger charge is 2.22. The highest BCUT2D eigenvalue weighted by atomic mass is 35.5. The summed E-state index contributed by atoms with van der Waals surface area (Å²) in [5.74, 6) is 2.61. The molecular weight excluding hydrogens is 324 g/mol. The topological polar surface area (TPSA) is 35.9 Å². The van der Waals surface area contributed by atoms with E-state index in [4.69, 9.17) is 22.8 Å². The van der Waals surface area contributed by atoms with Gasteiger partial charge < -0.3 is 14.7 Å². The number of hydrogen-bond donors (Lipinski definition) is 1. The van der Waals surface area contributed by atoms with E-state index < -0.39 is 6.10 Å².